The Labute approximate surface area is 195 Å². The fourth-order valence-corrected chi connectivity index (χ4v) is 5.83. The highest BCUT2D eigenvalue weighted by Crippen LogP contribution is 2.50. The number of carbonyl (C=O) groups excluding carboxylic acids is 1. The number of fused-ring (bicyclic) bond motifs is 4. The summed E-state index contributed by atoms with van der Waals surface area (Å²) >= 11 is 0. The minimum atomic E-state index is -0.879. The summed E-state index contributed by atoms with van der Waals surface area (Å²) < 4.78 is 27.8. The third kappa shape index (κ3) is 3.09. The first-order chi connectivity index (χ1) is 16.6. The minimum Gasteiger partial charge on any atom is -0.455 e. The number of aliphatic hydroxyl groups is 1. The summed E-state index contributed by atoms with van der Waals surface area (Å²) in [4.78, 5) is 15.3. The number of hydrogen-bond donors (Lipinski definition) is 1. The number of esters is 1. The molecule has 2 unspecified atom stereocenters. The van der Waals surface area contributed by atoms with Crippen molar-refractivity contribution >= 4 is 12.0 Å². The van der Waals surface area contributed by atoms with Gasteiger partial charge in [0.2, 0.25) is 13.6 Å². The SMILES string of the molecule is O=C(/C=C/c1ccc2c(c1)OCO2)O[C@H]1C2c3cc4c(cc3CN3CCC(=C[C@@H]1O)C23)OCO4. The predicted molar refractivity (Wildman–Crippen MR) is 120 cm³/mol. The molecule has 0 bridgehead atoms. The summed E-state index contributed by atoms with van der Waals surface area (Å²) in [6.07, 6.45) is 4.26. The van der Waals surface area contributed by atoms with Crippen molar-refractivity contribution in [1.82, 2.24) is 4.90 Å². The maximum Gasteiger partial charge on any atom is 0.331 e. The molecule has 0 aromatic heterocycles. The normalized spacial score (nSPS) is 28.0. The van der Waals surface area contributed by atoms with Crippen LogP contribution in [0.1, 0.15) is 29.0 Å². The molecule has 4 aliphatic heterocycles. The molecule has 34 heavy (non-hydrogen) atoms. The molecule has 1 aliphatic carbocycles. The van der Waals surface area contributed by atoms with Gasteiger partial charge in [0.05, 0.1) is 0 Å². The van der Waals surface area contributed by atoms with Gasteiger partial charge in [0, 0.05) is 31.1 Å². The fraction of sp³-hybridized carbons (Fsp3) is 0.346. The molecule has 2 aromatic carbocycles. The van der Waals surface area contributed by atoms with Crippen LogP contribution in [0.15, 0.2) is 48.1 Å². The zero-order valence-corrected chi connectivity index (χ0v) is 18.3. The zero-order chi connectivity index (χ0) is 22.8. The van der Waals surface area contributed by atoms with Gasteiger partial charge in [-0.25, -0.2) is 4.79 Å². The number of benzene rings is 2. The van der Waals surface area contributed by atoms with Gasteiger partial charge in [-0.05, 0) is 53.5 Å². The summed E-state index contributed by atoms with van der Waals surface area (Å²) in [5.41, 5.74) is 4.18. The molecule has 4 heterocycles. The van der Waals surface area contributed by atoms with Crippen LogP contribution >= 0.6 is 0 Å². The van der Waals surface area contributed by atoms with Crippen LogP contribution in [0.2, 0.25) is 0 Å². The van der Waals surface area contributed by atoms with Gasteiger partial charge in [-0.3, -0.25) is 4.90 Å². The van der Waals surface area contributed by atoms with Crippen molar-refractivity contribution in [3.05, 3.63) is 64.7 Å². The van der Waals surface area contributed by atoms with Gasteiger partial charge in [0.15, 0.2) is 23.0 Å². The lowest BCUT2D eigenvalue weighted by molar-refractivity contribution is -0.150. The Hall–Kier alpha value is -3.49. The Morgan fingerprint density at radius 2 is 1.79 bits per heavy atom. The molecule has 0 radical (unpaired) electrons. The van der Waals surface area contributed by atoms with Gasteiger partial charge < -0.3 is 28.8 Å². The van der Waals surface area contributed by atoms with E-state index in [9.17, 15) is 9.90 Å². The van der Waals surface area contributed by atoms with Gasteiger partial charge in [0.1, 0.15) is 12.2 Å². The van der Waals surface area contributed by atoms with Gasteiger partial charge in [-0.2, -0.15) is 0 Å². The monoisotopic (exact) mass is 461 g/mol. The number of hydrogen-bond acceptors (Lipinski definition) is 8. The topological polar surface area (TPSA) is 86.7 Å². The summed E-state index contributed by atoms with van der Waals surface area (Å²) in [5.74, 6) is 2.09. The lowest BCUT2D eigenvalue weighted by atomic mass is 9.73. The van der Waals surface area contributed by atoms with Crippen molar-refractivity contribution in [3.63, 3.8) is 0 Å². The quantitative estimate of drug-likeness (QED) is 0.424. The van der Waals surface area contributed by atoms with E-state index in [1.807, 2.05) is 36.4 Å². The van der Waals surface area contributed by atoms with Crippen LogP contribution in [0.5, 0.6) is 23.0 Å². The molecule has 7 rings (SSSR count). The standard InChI is InChI=1S/C26H23NO7/c28-18-8-15-5-6-27-11-16-9-21-22(33-13-32-21)10-17(16)24(25(15)27)26(18)34-23(29)4-2-14-1-3-19-20(7-14)31-12-30-19/h1-4,7-10,18,24-26,28H,5-6,11-13H2/b4-2+/t18-,24?,25?,26+/m0/s1. The highest BCUT2D eigenvalue weighted by atomic mass is 16.7. The van der Waals surface area contributed by atoms with Gasteiger partial charge in [-0.1, -0.05) is 17.7 Å². The molecule has 4 atom stereocenters. The van der Waals surface area contributed by atoms with Gasteiger partial charge in [0.25, 0.3) is 0 Å². The summed E-state index contributed by atoms with van der Waals surface area (Å²) in [6.45, 7) is 2.11. The lowest BCUT2D eigenvalue weighted by Gasteiger charge is -2.45. The summed E-state index contributed by atoms with van der Waals surface area (Å²) in [6, 6.07) is 9.59. The Morgan fingerprint density at radius 3 is 2.65 bits per heavy atom. The average molecular weight is 461 g/mol. The molecule has 0 saturated carbocycles. The maximum atomic E-state index is 12.9. The van der Waals surface area contributed by atoms with Crippen LogP contribution in [0.25, 0.3) is 6.08 Å². The van der Waals surface area contributed by atoms with Crippen LogP contribution in [0.4, 0.5) is 0 Å². The van der Waals surface area contributed by atoms with Crippen LogP contribution in [0, 0.1) is 0 Å². The number of ether oxygens (including phenoxy) is 5. The first-order valence-electron chi connectivity index (χ1n) is 11.5. The number of rotatable bonds is 3. The Morgan fingerprint density at radius 1 is 1.03 bits per heavy atom. The molecule has 174 valence electrons. The third-order valence-corrected chi connectivity index (χ3v) is 7.30. The molecular weight excluding hydrogens is 438 g/mol. The second kappa shape index (κ2) is 7.51. The van der Waals surface area contributed by atoms with E-state index in [1.54, 1.807) is 6.08 Å². The van der Waals surface area contributed by atoms with Crippen LogP contribution in [-0.4, -0.2) is 54.4 Å². The molecule has 1 fully saturated rings. The number of nitrogens with zero attached hydrogens (tertiary/aromatic N) is 1. The van der Waals surface area contributed by atoms with Crippen molar-refractivity contribution < 1.29 is 33.6 Å². The third-order valence-electron chi connectivity index (χ3n) is 7.30. The molecule has 2 aromatic rings. The van der Waals surface area contributed by atoms with E-state index in [0.29, 0.717) is 17.2 Å². The molecule has 1 saturated heterocycles. The number of aliphatic hydroxyl groups excluding tert-OH is 1. The van der Waals surface area contributed by atoms with E-state index < -0.39 is 18.2 Å². The molecule has 8 nitrogen and oxygen atoms in total. The summed E-state index contributed by atoms with van der Waals surface area (Å²) in [5, 5.41) is 11.0. The molecule has 1 N–H and O–H groups in total. The first-order valence-corrected chi connectivity index (χ1v) is 11.5. The zero-order valence-electron chi connectivity index (χ0n) is 18.3. The van der Waals surface area contributed by atoms with E-state index in [-0.39, 0.29) is 25.5 Å². The molecule has 8 heteroatoms. The number of carbonyl (C=O) groups is 1. The van der Waals surface area contributed by atoms with Crippen LogP contribution in [0.3, 0.4) is 0 Å². The van der Waals surface area contributed by atoms with Crippen molar-refractivity contribution in [2.45, 2.75) is 37.1 Å². The van der Waals surface area contributed by atoms with E-state index >= 15 is 0 Å². The Balaban J connectivity index is 1.19. The van der Waals surface area contributed by atoms with Gasteiger partial charge in [-0.15, -0.1) is 0 Å². The Bertz CT molecular complexity index is 1250. The van der Waals surface area contributed by atoms with Gasteiger partial charge >= 0.3 is 5.97 Å². The highest BCUT2D eigenvalue weighted by molar-refractivity contribution is 5.87. The van der Waals surface area contributed by atoms with Crippen molar-refractivity contribution in [1.29, 1.82) is 0 Å². The largest absolute Gasteiger partial charge is 0.455 e. The smallest absolute Gasteiger partial charge is 0.331 e. The van der Waals surface area contributed by atoms with Crippen LogP contribution < -0.4 is 18.9 Å². The van der Waals surface area contributed by atoms with Crippen molar-refractivity contribution in [3.8, 4) is 23.0 Å². The maximum absolute atomic E-state index is 12.9. The minimum absolute atomic E-state index is 0.104. The highest BCUT2D eigenvalue weighted by Gasteiger charge is 2.50. The Kier molecular flexibility index (Phi) is 4.40. The van der Waals surface area contributed by atoms with E-state index in [1.165, 1.54) is 11.6 Å². The molecular formula is C26H23NO7. The molecule has 0 spiro atoms. The summed E-state index contributed by atoms with van der Waals surface area (Å²) in [7, 11) is 0. The van der Waals surface area contributed by atoms with E-state index in [2.05, 4.69) is 4.90 Å². The lowest BCUT2D eigenvalue weighted by Crippen LogP contribution is -2.51. The second-order valence-corrected chi connectivity index (χ2v) is 9.18. The van der Waals surface area contributed by atoms with Crippen molar-refractivity contribution in [2.75, 3.05) is 20.1 Å². The first kappa shape index (κ1) is 19.9. The predicted octanol–water partition coefficient (Wildman–Crippen LogP) is 2.74. The average Bonchev–Trinajstić information content (AvgIpc) is 3.58. The van der Waals surface area contributed by atoms with E-state index in [0.717, 1.165) is 42.0 Å². The van der Waals surface area contributed by atoms with E-state index in [4.69, 9.17) is 23.7 Å². The molecule has 5 aliphatic rings. The van der Waals surface area contributed by atoms with Crippen LogP contribution in [-0.2, 0) is 16.1 Å². The second-order valence-electron chi connectivity index (χ2n) is 9.18. The fourth-order valence-electron chi connectivity index (χ4n) is 5.83. The molecule has 0 amide bonds. The van der Waals surface area contributed by atoms with Crippen molar-refractivity contribution in [2.24, 2.45) is 0 Å².